The van der Waals surface area contributed by atoms with Crippen LogP contribution < -0.4 is 16.2 Å². The number of thiazole rings is 1. The lowest BCUT2D eigenvalue weighted by molar-refractivity contribution is 0.0989. The topological polar surface area (TPSA) is 92.6 Å². The maximum atomic E-state index is 13.2. The number of anilines is 2. The Hall–Kier alpha value is -3.56. The highest BCUT2D eigenvalue weighted by Crippen LogP contribution is 2.24. The van der Waals surface area contributed by atoms with Crippen LogP contribution in [0.2, 0.25) is 5.02 Å². The van der Waals surface area contributed by atoms with Gasteiger partial charge in [-0.05, 0) is 55.5 Å². The number of benzene rings is 2. The van der Waals surface area contributed by atoms with E-state index in [1.54, 1.807) is 31.2 Å². The first-order valence-corrected chi connectivity index (χ1v) is 10.2. The molecule has 0 radical (unpaired) electrons. The number of fused-ring (bicyclic) bond motifs is 1. The molecule has 2 aromatic heterocycles. The van der Waals surface area contributed by atoms with Crippen LogP contribution in [0.15, 0.2) is 59.4 Å². The van der Waals surface area contributed by atoms with Crippen LogP contribution in [0, 0.1) is 12.7 Å². The van der Waals surface area contributed by atoms with Crippen molar-refractivity contribution in [2.24, 2.45) is 0 Å². The zero-order valence-corrected chi connectivity index (χ0v) is 17.6. The highest BCUT2D eigenvalue weighted by molar-refractivity contribution is 7.19. The third kappa shape index (κ3) is 4.32. The Morgan fingerprint density at radius 3 is 2.23 bits per heavy atom. The Morgan fingerprint density at radius 2 is 1.58 bits per heavy atom. The molecule has 0 atom stereocenters. The number of amides is 2. The van der Waals surface area contributed by atoms with E-state index in [9.17, 15) is 18.8 Å². The van der Waals surface area contributed by atoms with Gasteiger partial charge in [0.25, 0.3) is 17.4 Å². The summed E-state index contributed by atoms with van der Waals surface area (Å²) in [5.74, 6) is -1.74. The predicted octanol–water partition coefficient (Wildman–Crippen LogP) is 4.36. The molecule has 2 heterocycles. The minimum Gasteiger partial charge on any atom is -0.321 e. The fourth-order valence-electron chi connectivity index (χ4n) is 2.89. The SMILES string of the molecule is Cc1cc(=O)n2c(C(=O)Nc3ccc(Cl)cc3)c(C(=O)Nc3ccc(F)cc3)sc2n1. The largest absolute Gasteiger partial charge is 0.321 e. The summed E-state index contributed by atoms with van der Waals surface area (Å²) in [5, 5.41) is 5.77. The Labute approximate surface area is 184 Å². The van der Waals surface area contributed by atoms with Crippen LogP contribution in [0.25, 0.3) is 4.96 Å². The number of carbonyl (C=O) groups is 2. The summed E-state index contributed by atoms with van der Waals surface area (Å²) in [6.45, 7) is 1.65. The maximum Gasteiger partial charge on any atom is 0.274 e. The molecule has 0 aliphatic carbocycles. The molecule has 0 spiro atoms. The molecule has 2 amide bonds. The predicted molar refractivity (Wildman–Crippen MR) is 118 cm³/mol. The standard InChI is InChI=1S/C21H14ClFN4O3S/c1-11-10-16(28)27-17(19(29)25-14-6-2-12(22)3-7-14)18(31-21(27)24-11)20(30)26-15-8-4-13(23)5-9-15/h2-10H,1H3,(H,25,29)(H,26,30). The summed E-state index contributed by atoms with van der Waals surface area (Å²) in [4.78, 5) is 43.1. The van der Waals surface area contributed by atoms with E-state index in [1.165, 1.54) is 30.3 Å². The average molecular weight is 457 g/mol. The molecule has 10 heteroatoms. The number of aryl methyl sites for hydroxylation is 1. The van der Waals surface area contributed by atoms with Crippen molar-refractivity contribution in [1.82, 2.24) is 9.38 Å². The number of aromatic nitrogens is 2. The number of carbonyl (C=O) groups excluding carboxylic acids is 2. The van der Waals surface area contributed by atoms with E-state index in [-0.39, 0.29) is 15.5 Å². The first kappa shape index (κ1) is 20.7. The lowest BCUT2D eigenvalue weighted by atomic mass is 10.2. The Balaban J connectivity index is 1.78. The molecule has 0 saturated carbocycles. The molecule has 156 valence electrons. The summed E-state index contributed by atoms with van der Waals surface area (Å²) < 4.78 is 14.3. The third-order valence-corrected chi connectivity index (χ3v) is 5.56. The van der Waals surface area contributed by atoms with Crippen molar-refractivity contribution >= 4 is 51.1 Å². The van der Waals surface area contributed by atoms with Gasteiger partial charge in [0.05, 0.1) is 0 Å². The van der Waals surface area contributed by atoms with Crippen LogP contribution in [-0.4, -0.2) is 21.2 Å². The van der Waals surface area contributed by atoms with Crippen LogP contribution in [-0.2, 0) is 0 Å². The van der Waals surface area contributed by atoms with Gasteiger partial charge in [0.1, 0.15) is 16.4 Å². The first-order chi connectivity index (χ1) is 14.8. The summed E-state index contributed by atoms with van der Waals surface area (Å²) in [6.07, 6.45) is 0. The normalized spacial score (nSPS) is 10.8. The van der Waals surface area contributed by atoms with E-state index < -0.39 is 23.2 Å². The second kappa shape index (κ2) is 8.29. The summed E-state index contributed by atoms with van der Waals surface area (Å²) in [7, 11) is 0. The molecule has 0 aliphatic rings. The number of rotatable bonds is 4. The van der Waals surface area contributed by atoms with Gasteiger partial charge >= 0.3 is 0 Å². The quantitative estimate of drug-likeness (QED) is 0.477. The molecule has 4 rings (SSSR count). The maximum absolute atomic E-state index is 13.2. The van der Waals surface area contributed by atoms with Crippen LogP contribution in [0.4, 0.5) is 15.8 Å². The number of hydrogen-bond acceptors (Lipinski definition) is 5. The summed E-state index contributed by atoms with van der Waals surface area (Å²) in [5.41, 5.74) is 0.602. The molecule has 2 N–H and O–H groups in total. The van der Waals surface area contributed by atoms with Gasteiger partial charge in [0.2, 0.25) is 0 Å². The minimum absolute atomic E-state index is 0.00834. The van der Waals surface area contributed by atoms with Gasteiger partial charge in [-0.25, -0.2) is 13.8 Å². The molecule has 0 saturated heterocycles. The van der Waals surface area contributed by atoms with Gasteiger partial charge in [0, 0.05) is 28.2 Å². The molecule has 4 aromatic rings. The first-order valence-electron chi connectivity index (χ1n) is 8.99. The zero-order valence-electron chi connectivity index (χ0n) is 16.0. The monoisotopic (exact) mass is 456 g/mol. The Kier molecular flexibility index (Phi) is 5.53. The van der Waals surface area contributed by atoms with Crippen molar-refractivity contribution in [3.8, 4) is 0 Å². The number of halogens is 2. The van der Waals surface area contributed by atoms with Crippen LogP contribution in [0.1, 0.15) is 25.9 Å². The molecule has 7 nitrogen and oxygen atoms in total. The van der Waals surface area contributed by atoms with Crippen molar-refractivity contribution in [2.75, 3.05) is 10.6 Å². The molecule has 31 heavy (non-hydrogen) atoms. The lowest BCUT2D eigenvalue weighted by Crippen LogP contribution is -2.25. The van der Waals surface area contributed by atoms with Crippen molar-refractivity contribution in [1.29, 1.82) is 0 Å². The van der Waals surface area contributed by atoms with Crippen molar-refractivity contribution in [2.45, 2.75) is 6.92 Å². The smallest absolute Gasteiger partial charge is 0.274 e. The number of nitrogens with zero attached hydrogens (tertiary/aromatic N) is 2. The van der Waals surface area contributed by atoms with E-state index in [0.717, 1.165) is 15.7 Å². The van der Waals surface area contributed by atoms with Crippen molar-refractivity contribution in [3.05, 3.63) is 92.1 Å². The highest BCUT2D eigenvalue weighted by atomic mass is 35.5. The molecular formula is C21H14ClFN4O3S. The fraction of sp³-hybridized carbons (Fsp3) is 0.0476. The van der Waals surface area contributed by atoms with Gasteiger partial charge in [-0.15, -0.1) is 0 Å². The summed E-state index contributed by atoms with van der Waals surface area (Å²) in [6, 6.07) is 12.8. The van der Waals surface area contributed by atoms with Crippen molar-refractivity contribution in [3.63, 3.8) is 0 Å². The van der Waals surface area contributed by atoms with Crippen LogP contribution in [0.5, 0.6) is 0 Å². The van der Waals surface area contributed by atoms with Crippen LogP contribution in [0.3, 0.4) is 0 Å². The van der Waals surface area contributed by atoms with Crippen molar-refractivity contribution < 1.29 is 14.0 Å². The zero-order chi connectivity index (χ0) is 22.1. The molecule has 0 bridgehead atoms. The van der Waals surface area contributed by atoms with Gasteiger partial charge in [0.15, 0.2) is 4.96 Å². The Morgan fingerprint density at radius 1 is 1.00 bits per heavy atom. The van der Waals surface area contributed by atoms with E-state index in [0.29, 0.717) is 22.1 Å². The highest BCUT2D eigenvalue weighted by Gasteiger charge is 2.26. The average Bonchev–Trinajstić information content (AvgIpc) is 3.11. The van der Waals surface area contributed by atoms with Gasteiger partial charge in [-0.3, -0.25) is 14.4 Å². The number of hydrogen-bond donors (Lipinski definition) is 2. The molecule has 0 fully saturated rings. The number of nitrogens with one attached hydrogen (secondary N) is 2. The molecule has 2 aromatic carbocycles. The van der Waals surface area contributed by atoms with Gasteiger partial charge in [-0.2, -0.15) is 0 Å². The fourth-order valence-corrected chi connectivity index (χ4v) is 4.08. The van der Waals surface area contributed by atoms with E-state index in [1.807, 2.05) is 0 Å². The van der Waals surface area contributed by atoms with E-state index in [4.69, 9.17) is 11.6 Å². The molecule has 0 unspecified atom stereocenters. The lowest BCUT2D eigenvalue weighted by Gasteiger charge is -2.08. The van der Waals surface area contributed by atoms with E-state index in [2.05, 4.69) is 15.6 Å². The van der Waals surface area contributed by atoms with E-state index >= 15 is 0 Å². The Bertz CT molecular complexity index is 1360. The third-order valence-electron chi connectivity index (χ3n) is 4.27. The molecular weight excluding hydrogens is 443 g/mol. The van der Waals surface area contributed by atoms with Crippen LogP contribution >= 0.6 is 22.9 Å². The van der Waals surface area contributed by atoms with Gasteiger partial charge in [-0.1, -0.05) is 22.9 Å². The van der Waals surface area contributed by atoms with Gasteiger partial charge < -0.3 is 10.6 Å². The second-order valence-electron chi connectivity index (χ2n) is 6.56. The minimum atomic E-state index is -0.661. The molecule has 0 aliphatic heterocycles. The second-order valence-corrected chi connectivity index (χ2v) is 7.97. The summed E-state index contributed by atoms with van der Waals surface area (Å²) >= 11 is 6.78.